The number of sulfonamides is 1. The molecule has 4 aromatic rings. The maximum absolute atomic E-state index is 13.4. The molecular formula is C23H24N4O5S. The predicted octanol–water partition coefficient (Wildman–Crippen LogP) is 3.84. The van der Waals surface area contributed by atoms with Crippen LogP contribution < -0.4 is 18.9 Å². The van der Waals surface area contributed by atoms with Gasteiger partial charge in [-0.05, 0) is 49.7 Å². The molecule has 0 aliphatic carbocycles. The lowest BCUT2D eigenvalue weighted by atomic mass is 10.1. The molecule has 9 nitrogen and oxygen atoms in total. The van der Waals surface area contributed by atoms with Gasteiger partial charge in [-0.3, -0.25) is 4.72 Å². The maximum atomic E-state index is 13.4. The standard InChI is InChI=1S/C23H24N4O5S/c1-14-10-15(2)27-23(25-14)18(13-24-27)16-6-9-20(31-4)22(11-16)33(28,29)26-19-8-7-17(30-3)12-21(19)32-5/h6-13,26H,1-5H3. The van der Waals surface area contributed by atoms with Crippen molar-refractivity contribution in [1.82, 2.24) is 14.6 Å². The average Bonchev–Trinajstić information content (AvgIpc) is 3.22. The summed E-state index contributed by atoms with van der Waals surface area (Å²) in [6.07, 6.45) is 1.67. The number of benzene rings is 2. The minimum absolute atomic E-state index is 0.0240. The number of aromatic nitrogens is 3. The van der Waals surface area contributed by atoms with Crippen molar-refractivity contribution >= 4 is 21.4 Å². The number of anilines is 1. The molecule has 0 aliphatic rings. The number of hydrogen-bond donors (Lipinski definition) is 1. The number of nitrogens with zero attached hydrogens (tertiary/aromatic N) is 3. The minimum Gasteiger partial charge on any atom is -0.497 e. The third kappa shape index (κ3) is 4.17. The van der Waals surface area contributed by atoms with Crippen molar-refractivity contribution < 1.29 is 22.6 Å². The van der Waals surface area contributed by atoms with Gasteiger partial charge in [0.1, 0.15) is 22.1 Å². The lowest BCUT2D eigenvalue weighted by Crippen LogP contribution is -2.15. The van der Waals surface area contributed by atoms with Gasteiger partial charge in [0.25, 0.3) is 10.0 Å². The Morgan fingerprint density at radius 1 is 0.909 bits per heavy atom. The second kappa shape index (κ2) is 8.62. The Kier molecular flexibility index (Phi) is 5.86. The van der Waals surface area contributed by atoms with Gasteiger partial charge in [0.15, 0.2) is 5.65 Å². The molecule has 0 fully saturated rings. The van der Waals surface area contributed by atoms with Crippen LogP contribution in [0.1, 0.15) is 11.4 Å². The van der Waals surface area contributed by atoms with E-state index in [0.29, 0.717) is 28.3 Å². The van der Waals surface area contributed by atoms with E-state index in [1.54, 1.807) is 47.1 Å². The zero-order valence-corrected chi connectivity index (χ0v) is 19.7. The van der Waals surface area contributed by atoms with Gasteiger partial charge in [0.2, 0.25) is 0 Å². The molecule has 0 amide bonds. The van der Waals surface area contributed by atoms with E-state index in [0.717, 1.165) is 11.4 Å². The summed E-state index contributed by atoms with van der Waals surface area (Å²) in [6.45, 7) is 3.84. The van der Waals surface area contributed by atoms with Crippen molar-refractivity contribution in [1.29, 1.82) is 0 Å². The summed E-state index contributed by atoms with van der Waals surface area (Å²) in [7, 11) is 0.363. The fourth-order valence-electron chi connectivity index (χ4n) is 3.61. The first-order valence-corrected chi connectivity index (χ1v) is 11.5. The number of aryl methyl sites for hydroxylation is 2. The van der Waals surface area contributed by atoms with Gasteiger partial charge < -0.3 is 14.2 Å². The molecule has 2 aromatic carbocycles. The zero-order valence-electron chi connectivity index (χ0n) is 18.9. The topological polar surface area (TPSA) is 104 Å². The van der Waals surface area contributed by atoms with E-state index in [1.807, 2.05) is 19.9 Å². The van der Waals surface area contributed by atoms with E-state index in [1.165, 1.54) is 21.3 Å². The number of nitrogens with one attached hydrogen (secondary N) is 1. The third-order valence-electron chi connectivity index (χ3n) is 5.20. The minimum atomic E-state index is -4.03. The van der Waals surface area contributed by atoms with Gasteiger partial charge in [0.05, 0.1) is 33.2 Å². The molecule has 0 spiro atoms. The molecule has 4 rings (SSSR count). The largest absolute Gasteiger partial charge is 0.497 e. The van der Waals surface area contributed by atoms with Crippen molar-refractivity contribution in [2.24, 2.45) is 0 Å². The molecular weight excluding hydrogens is 444 g/mol. The summed E-state index contributed by atoms with van der Waals surface area (Å²) in [6, 6.07) is 11.7. The highest BCUT2D eigenvalue weighted by molar-refractivity contribution is 7.92. The van der Waals surface area contributed by atoms with Crippen LogP contribution >= 0.6 is 0 Å². The molecule has 0 radical (unpaired) electrons. The molecule has 33 heavy (non-hydrogen) atoms. The molecule has 0 atom stereocenters. The van der Waals surface area contributed by atoms with Gasteiger partial charge in [-0.15, -0.1) is 0 Å². The van der Waals surface area contributed by atoms with E-state index >= 15 is 0 Å². The number of rotatable bonds is 7. The van der Waals surface area contributed by atoms with Crippen LogP contribution in [0.15, 0.2) is 53.6 Å². The molecule has 1 N–H and O–H groups in total. The smallest absolute Gasteiger partial charge is 0.265 e. The van der Waals surface area contributed by atoms with E-state index in [4.69, 9.17) is 14.2 Å². The maximum Gasteiger partial charge on any atom is 0.265 e. The molecule has 2 aromatic heterocycles. The van der Waals surface area contributed by atoms with Crippen LogP contribution in [0.25, 0.3) is 16.8 Å². The Morgan fingerprint density at radius 3 is 2.36 bits per heavy atom. The Balaban J connectivity index is 1.81. The normalized spacial score (nSPS) is 11.4. The SMILES string of the molecule is COc1ccc(NS(=O)(=O)c2cc(-c3cnn4c(C)cc(C)nc34)ccc2OC)c(OC)c1. The quantitative estimate of drug-likeness (QED) is 0.439. The molecule has 0 unspecified atom stereocenters. The lowest BCUT2D eigenvalue weighted by molar-refractivity contribution is 0.395. The number of hydrogen-bond acceptors (Lipinski definition) is 7. The molecule has 2 heterocycles. The highest BCUT2D eigenvalue weighted by Gasteiger charge is 2.23. The van der Waals surface area contributed by atoms with Gasteiger partial charge in [-0.25, -0.2) is 17.9 Å². The van der Waals surface area contributed by atoms with Gasteiger partial charge in [0, 0.05) is 23.0 Å². The summed E-state index contributed by atoms with van der Waals surface area (Å²) in [5.74, 6) is 1.07. The van der Waals surface area contributed by atoms with Crippen LogP contribution in [0.4, 0.5) is 5.69 Å². The third-order valence-corrected chi connectivity index (χ3v) is 6.58. The molecule has 10 heteroatoms. The number of methoxy groups -OCH3 is 3. The lowest BCUT2D eigenvalue weighted by Gasteiger charge is -2.15. The molecule has 0 aliphatic heterocycles. The number of fused-ring (bicyclic) bond motifs is 1. The molecule has 0 saturated carbocycles. The van der Waals surface area contributed by atoms with Crippen LogP contribution in [0, 0.1) is 13.8 Å². The molecule has 172 valence electrons. The molecule has 0 saturated heterocycles. The molecule has 0 bridgehead atoms. The van der Waals surface area contributed by atoms with E-state index < -0.39 is 10.0 Å². The summed E-state index contributed by atoms with van der Waals surface area (Å²) in [5.41, 5.74) is 4.04. The van der Waals surface area contributed by atoms with Crippen molar-refractivity contribution in [3.05, 3.63) is 60.0 Å². The first kappa shape index (κ1) is 22.4. The van der Waals surface area contributed by atoms with Crippen molar-refractivity contribution in [2.45, 2.75) is 18.7 Å². The van der Waals surface area contributed by atoms with Crippen LogP contribution in [0.5, 0.6) is 17.2 Å². The van der Waals surface area contributed by atoms with Crippen molar-refractivity contribution in [3.8, 4) is 28.4 Å². The van der Waals surface area contributed by atoms with Crippen LogP contribution in [-0.4, -0.2) is 44.3 Å². The van der Waals surface area contributed by atoms with Crippen LogP contribution in [0.3, 0.4) is 0 Å². The van der Waals surface area contributed by atoms with Gasteiger partial charge in [-0.1, -0.05) is 6.07 Å². The fraction of sp³-hybridized carbons (Fsp3) is 0.217. The summed E-state index contributed by atoms with van der Waals surface area (Å²) < 4.78 is 46.9. The second-order valence-electron chi connectivity index (χ2n) is 7.37. The first-order chi connectivity index (χ1) is 15.8. The van der Waals surface area contributed by atoms with Gasteiger partial charge in [-0.2, -0.15) is 5.10 Å². The van der Waals surface area contributed by atoms with Crippen LogP contribution in [-0.2, 0) is 10.0 Å². The monoisotopic (exact) mass is 468 g/mol. The Bertz CT molecular complexity index is 1450. The van der Waals surface area contributed by atoms with E-state index in [-0.39, 0.29) is 16.3 Å². The Labute approximate surface area is 192 Å². The predicted molar refractivity (Wildman–Crippen MR) is 125 cm³/mol. The summed E-state index contributed by atoms with van der Waals surface area (Å²) in [5, 5.41) is 4.41. The van der Waals surface area contributed by atoms with E-state index in [9.17, 15) is 8.42 Å². The summed E-state index contributed by atoms with van der Waals surface area (Å²) in [4.78, 5) is 4.57. The van der Waals surface area contributed by atoms with Gasteiger partial charge >= 0.3 is 0 Å². The van der Waals surface area contributed by atoms with Crippen molar-refractivity contribution in [3.63, 3.8) is 0 Å². The highest BCUT2D eigenvalue weighted by Crippen LogP contribution is 2.35. The Hall–Kier alpha value is -3.79. The summed E-state index contributed by atoms with van der Waals surface area (Å²) >= 11 is 0. The fourth-order valence-corrected chi connectivity index (χ4v) is 4.88. The first-order valence-electron chi connectivity index (χ1n) is 10.0. The zero-order chi connectivity index (χ0) is 23.8. The van der Waals surface area contributed by atoms with Crippen molar-refractivity contribution in [2.75, 3.05) is 26.1 Å². The highest BCUT2D eigenvalue weighted by atomic mass is 32.2. The number of ether oxygens (including phenoxy) is 3. The van der Waals surface area contributed by atoms with Crippen LogP contribution in [0.2, 0.25) is 0 Å². The second-order valence-corrected chi connectivity index (χ2v) is 9.02. The average molecular weight is 469 g/mol. The van der Waals surface area contributed by atoms with E-state index in [2.05, 4.69) is 14.8 Å². The Morgan fingerprint density at radius 2 is 1.67 bits per heavy atom.